The predicted octanol–water partition coefficient (Wildman–Crippen LogP) is 3.62. The lowest BCUT2D eigenvalue weighted by molar-refractivity contribution is -0.0780. The highest BCUT2D eigenvalue weighted by molar-refractivity contribution is 7.11. The first-order chi connectivity index (χ1) is 8.90. The summed E-state index contributed by atoms with van der Waals surface area (Å²) in [6, 6.07) is 0. The van der Waals surface area contributed by atoms with Gasteiger partial charge in [0.05, 0.1) is 5.69 Å². The molecular formula is C15H26N2OS. The van der Waals surface area contributed by atoms with Crippen molar-refractivity contribution < 1.29 is 4.74 Å². The number of rotatable bonds is 5. The minimum absolute atomic E-state index is 0.0748. The van der Waals surface area contributed by atoms with Gasteiger partial charge in [0.15, 0.2) is 0 Å². The standard InChI is InChI=1S/C15H26N2OS/c1-6-11-12(10-16-14(2,3)4)19-13(17-11)15(18-5)8-7-9-15/h16H,6-10H2,1-5H3. The third-order valence-electron chi connectivity index (χ3n) is 3.83. The minimum atomic E-state index is -0.0748. The number of aromatic nitrogens is 1. The lowest BCUT2D eigenvalue weighted by Gasteiger charge is -2.38. The van der Waals surface area contributed by atoms with Crippen molar-refractivity contribution in [2.75, 3.05) is 7.11 Å². The molecule has 0 spiro atoms. The molecule has 1 heterocycles. The Morgan fingerprint density at radius 2 is 2.05 bits per heavy atom. The molecule has 108 valence electrons. The van der Waals surface area contributed by atoms with Crippen LogP contribution in [0, 0.1) is 0 Å². The van der Waals surface area contributed by atoms with Gasteiger partial charge in [-0.15, -0.1) is 11.3 Å². The zero-order valence-electron chi connectivity index (χ0n) is 12.8. The molecule has 1 aliphatic rings. The van der Waals surface area contributed by atoms with Gasteiger partial charge in [-0.2, -0.15) is 0 Å². The van der Waals surface area contributed by atoms with Crippen LogP contribution in [0.1, 0.15) is 62.5 Å². The van der Waals surface area contributed by atoms with E-state index in [-0.39, 0.29) is 11.1 Å². The smallest absolute Gasteiger partial charge is 0.125 e. The minimum Gasteiger partial charge on any atom is -0.371 e. The van der Waals surface area contributed by atoms with Gasteiger partial charge >= 0.3 is 0 Å². The van der Waals surface area contributed by atoms with Crippen LogP contribution in [0.25, 0.3) is 0 Å². The van der Waals surface area contributed by atoms with Crippen molar-refractivity contribution in [2.45, 2.75) is 71.1 Å². The summed E-state index contributed by atoms with van der Waals surface area (Å²) in [5.74, 6) is 0. The van der Waals surface area contributed by atoms with Crippen molar-refractivity contribution in [1.82, 2.24) is 10.3 Å². The van der Waals surface area contributed by atoms with Crippen molar-refractivity contribution in [2.24, 2.45) is 0 Å². The second kappa shape index (κ2) is 5.51. The molecule has 1 fully saturated rings. The van der Waals surface area contributed by atoms with E-state index in [1.807, 2.05) is 18.4 Å². The zero-order chi connectivity index (χ0) is 14.1. The van der Waals surface area contributed by atoms with Crippen LogP contribution in [0.3, 0.4) is 0 Å². The average molecular weight is 282 g/mol. The first-order valence-corrected chi connectivity index (χ1v) is 8.01. The molecule has 4 heteroatoms. The van der Waals surface area contributed by atoms with Gasteiger partial charge in [0, 0.05) is 24.1 Å². The quantitative estimate of drug-likeness (QED) is 0.895. The van der Waals surface area contributed by atoms with E-state index in [4.69, 9.17) is 9.72 Å². The Morgan fingerprint density at radius 3 is 2.47 bits per heavy atom. The summed E-state index contributed by atoms with van der Waals surface area (Å²) in [6.45, 7) is 9.68. The number of thiazole rings is 1. The summed E-state index contributed by atoms with van der Waals surface area (Å²) < 4.78 is 5.75. The first-order valence-electron chi connectivity index (χ1n) is 7.19. The van der Waals surface area contributed by atoms with E-state index in [1.54, 1.807) is 0 Å². The second-order valence-electron chi connectivity index (χ2n) is 6.40. The number of methoxy groups -OCH3 is 1. The number of hydrogen-bond donors (Lipinski definition) is 1. The Kier molecular flexibility index (Phi) is 4.33. The summed E-state index contributed by atoms with van der Waals surface area (Å²) in [7, 11) is 1.82. The molecule has 0 bridgehead atoms. The molecule has 1 N–H and O–H groups in total. The molecule has 1 aromatic rings. The highest BCUT2D eigenvalue weighted by Crippen LogP contribution is 2.46. The Balaban J connectivity index is 2.17. The molecule has 1 saturated carbocycles. The third kappa shape index (κ3) is 3.18. The number of aryl methyl sites for hydroxylation is 1. The van der Waals surface area contributed by atoms with Crippen LogP contribution >= 0.6 is 11.3 Å². The van der Waals surface area contributed by atoms with Gasteiger partial charge in [0.1, 0.15) is 10.6 Å². The van der Waals surface area contributed by atoms with E-state index in [0.717, 1.165) is 25.8 Å². The normalized spacial score (nSPS) is 18.4. The number of nitrogens with zero attached hydrogens (tertiary/aromatic N) is 1. The zero-order valence-corrected chi connectivity index (χ0v) is 13.6. The summed E-state index contributed by atoms with van der Waals surface area (Å²) in [6.07, 6.45) is 4.49. The molecule has 0 amide bonds. The largest absolute Gasteiger partial charge is 0.371 e. The fraction of sp³-hybridized carbons (Fsp3) is 0.800. The van der Waals surface area contributed by atoms with Gasteiger partial charge in [-0.25, -0.2) is 4.98 Å². The highest BCUT2D eigenvalue weighted by Gasteiger charge is 2.42. The predicted molar refractivity (Wildman–Crippen MR) is 80.6 cm³/mol. The van der Waals surface area contributed by atoms with Crippen molar-refractivity contribution in [1.29, 1.82) is 0 Å². The first kappa shape index (κ1) is 14.9. The van der Waals surface area contributed by atoms with Crippen molar-refractivity contribution in [3.63, 3.8) is 0 Å². The second-order valence-corrected chi connectivity index (χ2v) is 7.48. The maximum atomic E-state index is 5.75. The molecule has 0 radical (unpaired) electrons. The Bertz CT molecular complexity index is 424. The van der Waals surface area contributed by atoms with E-state index >= 15 is 0 Å². The Hall–Kier alpha value is -0.450. The summed E-state index contributed by atoms with van der Waals surface area (Å²) >= 11 is 1.83. The average Bonchev–Trinajstić information content (AvgIpc) is 2.68. The number of hydrogen-bond acceptors (Lipinski definition) is 4. The summed E-state index contributed by atoms with van der Waals surface area (Å²) in [4.78, 5) is 6.22. The third-order valence-corrected chi connectivity index (χ3v) is 5.12. The molecular weight excluding hydrogens is 256 g/mol. The topological polar surface area (TPSA) is 34.1 Å². The highest BCUT2D eigenvalue weighted by atomic mass is 32.1. The molecule has 19 heavy (non-hydrogen) atoms. The molecule has 2 rings (SSSR count). The van der Waals surface area contributed by atoms with Gasteiger partial charge in [0.2, 0.25) is 0 Å². The van der Waals surface area contributed by atoms with Crippen molar-refractivity contribution in [3.8, 4) is 0 Å². The Labute approximate surface area is 120 Å². The van der Waals surface area contributed by atoms with Crippen LogP contribution in [0.2, 0.25) is 0 Å². The van der Waals surface area contributed by atoms with Crippen LogP contribution in [-0.4, -0.2) is 17.6 Å². The molecule has 1 aromatic heterocycles. The molecule has 0 aliphatic heterocycles. The van der Waals surface area contributed by atoms with Crippen LogP contribution in [0.4, 0.5) is 0 Å². The molecule has 0 saturated heterocycles. The van der Waals surface area contributed by atoms with Gasteiger partial charge < -0.3 is 10.1 Å². The SMILES string of the molecule is CCc1nc(C2(OC)CCC2)sc1CNC(C)(C)C. The fourth-order valence-corrected chi connectivity index (χ4v) is 3.66. The van der Waals surface area contributed by atoms with E-state index in [9.17, 15) is 0 Å². The molecule has 1 aliphatic carbocycles. The van der Waals surface area contributed by atoms with E-state index in [2.05, 4.69) is 33.0 Å². The lowest BCUT2D eigenvalue weighted by atomic mass is 9.80. The monoisotopic (exact) mass is 282 g/mol. The van der Waals surface area contributed by atoms with Gasteiger partial charge in [-0.1, -0.05) is 6.92 Å². The van der Waals surface area contributed by atoms with Crippen LogP contribution in [-0.2, 0) is 23.3 Å². The molecule has 0 atom stereocenters. The molecule has 0 unspecified atom stereocenters. The van der Waals surface area contributed by atoms with Gasteiger partial charge in [-0.3, -0.25) is 0 Å². The van der Waals surface area contributed by atoms with E-state index in [0.29, 0.717) is 0 Å². The molecule has 0 aromatic carbocycles. The maximum absolute atomic E-state index is 5.75. The van der Waals surface area contributed by atoms with E-state index < -0.39 is 0 Å². The van der Waals surface area contributed by atoms with Gasteiger partial charge in [-0.05, 0) is 46.5 Å². The number of ether oxygens (including phenoxy) is 1. The lowest BCUT2D eigenvalue weighted by Crippen LogP contribution is -2.36. The fourth-order valence-electron chi connectivity index (χ4n) is 2.34. The van der Waals surface area contributed by atoms with E-state index in [1.165, 1.54) is 22.0 Å². The Morgan fingerprint density at radius 1 is 1.37 bits per heavy atom. The van der Waals surface area contributed by atoms with Crippen LogP contribution < -0.4 is 5.32 Å². The van der Waals surface area contributed by atoms with Gasteiger partial charge in [0.25, 0.3) is 0 Å². The van der Waals surface area contributed by atoms with Crippen molar-refractivity contribution >= 4 is 11.3 Å². The summed E-state index contributed by atoms with van der Waals surface area (Å²) in [5.41, 5.74) is 1.30. The summed E-state index contributed by atoms with van der Waals surface area (Å²) in [5, 5.41) is 4.75. The van der Waals surface area contributed by atoms with Crippen LogP contribution in [0.15, 0.2) is 0 Å². The van der Waals surface area contributed by atoms with Crippen molar-refractivity contribution in [3.05, 3.63) is 15.6 Å². The number of nitrogens with one attached hydrogen (secondary N) is 1. The molecule has 3 nitrogen and oxygen atoms in total. The maximum Gasteiger partial charge on any atom is 0.125 e. The van der Waals surface area contributed by atoms with Crippen LogP contribution in [0.5, 0.6) is 0 Å².